The van der Waals surface area contributed by atoms with Gasteiger partial charge in [-0.3, -0.25) is 14.6 Å². The molecule has 3 heterocycles. The van der Waals surface area contributed by atoms with E-state index in [-0.39, 0.29) is 0 Å². The molecule has 0 atom stereocenters. The molecule has 0 amide bonds. The van der Waals surface area contributed by atoms with Gasteiger partial charge in [0.15, 0.2) is 0 Å². The molecule has 4 nitrogen and oxygen atoms in total. The van der Waals surface area contributed by atoms with Gasteiger partial charge < -0.3 is 0 Å². The molecule has 0 fully saturated rings. The van der Waals surface area contributed by atoms with Crippen LogP contribution in [-0.4, -0.2) is 19.7 Å². The van der Waals surface area contributed by atoms with Crippen LogP contribution in [0.5, 0.6) is 0 Å². The molecule has 0 aliphatic carbocycles. The zero-order valence-corrected chi connectivity index (χ0v) is 32.8. The third-order valence-corrected chi connectivity index (χ3v) is 8.24. The minimum atomic E-state index is 0.475. The summed E-state index contributed by atoms with van der Waals surface area (Å²) < 4.78 is 2.00. The number of rotatable bonds is 8. The summed E-state index contributed by atoms with van der Waals surface area (Å²) in [5.74, 6) is 4.16. The van der Waals surface area contributed by atoms with Crippen LogP contribution in [0, 0.1) is 0 Å². The lowest BCUT2D eigenvalue weighted by Crippen LogP contribution is -1.99. The van der Waals surface area contributed by atoms with Gasteiger partial charge in [-0.15, -0.1) is 0 Å². The molecule has 1 aromatic carbocycles. The largest absolute Gasteiger partial charge is 0.270 e. The van der Waals surface area contributed by atoms with E-state index in [1.54, 1.807) is 0 Å². The van der Waals surface area contributed by atoms with E-state index < -0.39 is 0 Å². The van der Waals surface area contributed by atoms with Crippen molar-refractivity contribution in [2.45, 2.75) is 158 Å². The van der Waals surface area contributed by atoms with Crippen LogP contribution in [0.25, 0.3) is 0 Å². The van der Waals surface area contributed by atoms with Gasteiger partial charge in [0.25, 0.3) is 0 Å². The summed E-state index contributed by atoms with van der Waals surface area (Å²) in [5.41, 5.74) is 9.46. The Bertz CT molecular complexity index is 1180. The fraction of sp³-hybridized carbons (Fsp3) is 0.558. The third kappa shape index (κ3) is 15.5. The Balaban J connectivity index is 0.000000314. The number of hydrogen-bond donors (Lipinski definition) is 0. The maximum Gasteiger partial charge on any atom is 0.0524 e. The number of hydrogen-bond acceptors (Lipinski definition) is 3. The Morgan fingerprint density at radius 1 is 0.447 bits per heavy atom. The molecule has 0 saturated carbocycles. The number of nitrogens with zero attached hydrogens (tertiary/aromatic N) is 4. The first kappa shape index (κ1) is 41.8. The molecular formula is C43H68N4. The Kier molecular flexibility index (Phi) is 18.5. The minimum Gasteiger partial charge on any atom is -0.270 e. The van der Waals surface area contributed by atoms with Crippen molar-refractivity contribution >= 4 is 0 Å². The van der Waals surface area contributed by atoms with Gasteiger partial charge in [-0.2, -0.15) is 5.10 Å². The second kappa shape index (κ2) is 20.9. The lowest BCUT2D eigenvalue weighted by molar-refractivity contribution is 0.531. The zero-order valence-electron chi connectivity index (χ0n) is 32.8. The molecule has 0 unspecified atom stereocenters. The van der Waals surface area contributed by atoms with Gasteiger partial charge in [0, 0.05) is 36.5 Å². The predicted molar refractivity (Wildman–Crippen MR) is 206 cm³/mol. The first-order valence-corrected chi connectivity index (χ1v) is 18.0. The van der Waals surface area contributed by atoms with Crippen molar-refractivity contribution < 1.29 is 0 Å². The zero-order chi connectivity index (χ0) is 35.8. The second-order valence-electron chi connectivity index (χ2n) is 15.2. The maximum atomic E-state index is 4.32. The van der Waals surface area contributed by atoms with E-state index in [1.807, 2.05) is 29.5 Å². The summed E-state index contributed by atoms with van der Waals surface area (Å²) in [6.45, 7) is 35.1. The molecule has 4 aromatic rings. The standard InChI is InChI=1S/C12H18.2C11H17N.C9H16N2/c1-9(2)11-6-5-7-12(8-11)10(3)4;1-8(2)10-5-11(9(3)4)7-12-6-10;1-8(2)10-5-6-12-11(7-10)9(3)4;1-7(2)9-5-10-11(6-9)8(3)4/h5-10H,1-4H3;2*5-9H,1-4H3;5-8H,1-4H3. The van der Waals surface area contributed by atoms with E-state index in [9.17, 15) is 0 Å². The normalized spacial score (nSPS) is 11.2. The number of benzene rings is 1. The van der Waals surface area contributed by atoms with Crippen molar-refractivity contribution in [1.29, 1.82) is 0 Å². The van der Waals surface area contributed by atoms with Gasteiger partial charge in [-0.1, -0.05) is 127 Å². The van der Waals surface area contributed by atoms with Crippen LogP contribution in [0.15, 0.2) is 73.4 Å². The molecule has 260 valence electrons. The molecule has 4 rings (SSSR count). The highest BCUT2D eigenvalue weighted by Crippen LogP contribution is 2.21. The lowest BCUT2D eigenvalue weighted by Gasteiger charge is -2.09. The van der Waals surface area contributed by atoms with Crippen molar-refractivity contribution in [3.05, 3.63) is 113 Å². The number of pyridine rings is 2. The third-order valence-electron chi connectivity index (χ3n) is 8.24. The van der Waals surface area contributed by atoms with Gasteiger partial charge in [0.05, 0.1) is 6.20 Å². The van der Waals surface area contributed by atoms with Crippen molar-refractivity contribution in [2.24, 2.45) is 0 Å². The fourth-order valence-corrected chi connectivity index (χ4v) is 4.46. The molecule has 0 saturated heterocycles. The number of aromatic nitrogens is 4. The molecule has 0 aliphatic heterocycles. The molecule has 4 heteroatoms. The average molecular weight is 641 g/mol. The van der Waals surface area contributed by atoms with Gasteiger partial charge in [0.2, 0.25) is 0 Å². The summed E-state index contributed by atoms with van der Waals surface area (Å²) in [5, 5.41) is 4.25. The van der Waals surface area contributed by atoms with E-state index in [1.165, 1.54) is 39.1 Å². The molecule has 47 heavy (non-hydrogen) atoms. The monoisotopic (exact) mass is 641 g/mol. The van der Waals surface area contributed by atoms with Gasteiger partial charge >= 0.3 is 0 Å². The molecule has 3 aromatic heterocycles. The Morgan fingerprint density at radius 3 is 1.23 bits per heavy atom. The summed E-state index contributed by atoms with van der Waals surface area (Å²) in [7, 11) is 0. The molecular weight excluding hydrogens is 573 g/mol. The summed E-state index contributed by atoms with van der Waals surface area (Å²) in [6, 6.07) is 15.9. The van der Waals surface area contributed by atoms with Gasteiger partial charge in [-0.05, 0) is 101 Å². The van der Waals surface area contributed by atoms with E-state index in [0.717, 1.165) is 0 Å². The quantitative estimate of drug-likeness (QED) is 0.192. The first-order chi connectivity index (χ1) is 21.9. The van der Waals surface area contributed by atoms with Crippen molar-refractivity contribution in [3.63, 3.8) is 0 Å². The molecule has 0 aliphatic rings. The summed E-state index contributed by atoms with van der Waals surface area (Å²) >= 11 is 0. The topological polar surface area (TPSA) is 43.6 Å². The second-order valence-corrected chi connectivity index (χ2v) is 15.2. The maximum absolute atomic E-state index is 4.32. The van der Waals surface area contributed by atoms with E-state index in [2.05, 4.69) is 175 Å². The minimum absolute atomic E-state index is 0.475. The Hall–Kier alpha value is -3.27. The SMILES string of the molecule is CC(C)c1cccc(C(C)C)c1.CC(C)c1ccnc(C(C)C)c1.CC(C)c1cncc(C(C)C)c1.CC(C)c1cnn(C(C)C)c1. The van der Waals surface area contributed by atoms with Crippen LogP contribution in [0.2, 0.25) is 0 Å². The Labute approximate surface area is 289 Å². The molecule has 0 radical (unpaired) electrons. The molecule has 0 bridgehead atoms. The van der Waals surface area contributed by atoms with Gasteiger partial charge in [-0.25, -0.2) is 0 Å². The van der Waals surface area contributed by atoms with Crippen molar-refractivity contribution in [1.82, 2.24) is 19.7 Å². The molecule has 0 N–H and O–H groups in total. The highest BCUT2D eigenvalue weighted by Gasteiger charge is 2.06. The van der Waals surface area contributed by atoms with Crippen LogP contribution in [-0.2, 0) is 0 Å². The van der Waals surface area contributed by atoms with E-state index in [0.29, 0.717) is 47.5 Å². The average Bonchev–Trinajstić information content (AvgIpc) is 3.54. The van der Waals surface area contributed by atoms with Crippen LogP contribution in [0.1, 0.15) is 197 Å². The van der Waals surface area contributed by atoms with Crippen LogP contribution >= 0.6 is 0 Å². The van der Waals surface area contributed by atoms with Crippen LogP contribution < -0.4 is 0 Å². The highest BCUT2D eigenvalue weighted by atomic mass is 15.3. The van der Waals surface area contributed by atoms with Gasteiger partial charge in [0.1, 0.15) is 0 Å². The Morgan fingerprint density at radius 2 is 0.872 bits per heavy atom. The molecule has 0 spiro atoms. The summed E-state index contributed by atoms with van der Waals surface area (Å²) in [6.07, 6.45) is 9.89. The van der Waals surface area contributed by atoms with Crippen molar-refractivity contribution in [3.8, 4) is 0 Å². The lowest BCUT2D eigenvalue weighted by atomic mass is 9.96. The first-order valence-electron chi connectivity index (χ1n) is 18.0. The van der Waals surface area contributed by atoms with E-state index in [4.69, 9.17) is 0 Å². The van der Waals surface area contributed by atoms with Crippen molar-refractivity contribution in [2.75, 3.05) is 0 Å². The van der Waals surface area contributed by atoms with Crippen LogP contribution in [0.4, 0.5) is 0 Å². The predicted octanol–water partition coefficient (Wildman–Crippen LogP) is 13.2. The summed E-state index contributed by atoms with van der Waals surface area (Å²) in [4.78, 5) is 8.55. The fourth-order valence-electron chi connectivity index (χ4n) is 4.46. The smallest absolute Gasteiger partial charge is 0.0524 e. The van der Waals surface area contributed by atoms with E-state index >= 15 is 0 Å². The highest BCUT2D eigenvalue weighted by molar-refractivity contribution is 5.27. The van der Waals surface area contributed by atoms with Crippen LogP contribution in [0.3, 0.4) is 0 Å².